The molecule has 0 spiro atoms. The number of carbonyl (C=O) groups excluding carboxylic acids is 2. The fourth-order valence-corrected chi connectivity index (χ4v) is 3.69. The van der Waals surface area contributed by atoms with E-state index >= 15 is 0 Å². The summed E-state index contributed by atoms with van der Waals surface area (Å²) in [6.45, 7) is 3.90. The summed E-state index contributed by atoms with van der Waals surface area (Å²) in [6.07, 6.45) is 0.700. The van der Waals surface area contributed by atoms with E-state index in [-0.39, 0.29) is 35.1 Å². The van der Waals surface area contributed by atoms with Crippen LogP contribution < -0.4 is 5.32 Å². The average molecular weight is 450 g/mol. The Balaban J connectivity index is 2.24. The Morgan fingerprint density at radius 3 is 2.33 bits per heavy atom. The minimum absolute atomic E-state index is 0.0586. The van der Waals surface area contributed by atoms with Gasteiger partial charge in [0.25, 0.3) is 5.91 Å². The Bertz CT molecular complexity index is 861. The Hall–Kier alpha value is -1.86. The van der Waals surface area contributed by atoms with Crippen molar-refractivity contribution in [2.75, 3.05) is 0 Å². The quantitative estimate of drug-likeness (QED) is 0.474. The van der Waals surface area contributed by atoms with Crippen molar-refractivity contribution in [3.8, 4) is 0 Å². The highest BCUT2D eigenvalue weighted by atomic mass is 35.5. The largest absolute Gasteiger partial charge is 0.455 e. The van der Waals surface area contributed by atoms with Crippen molar-refractivity contribution in [2.24, 2.45) is 5.92 Å². The van der Waals surface area contributed by atoms with Crippen LogP contribution in [0.1, 0.15) is 42.6 Å². The van der Waals surface area contributed by atoms with Crippen LogP contribution in [0.4, 0.5) is 0 Å². The number of Topliss-reactive ketones (excluding diaryl/α,β-unsaturated/α-hetero) is 1. The van der Waals surface area contributed by atoms with Gasteiger partial charge in [-0.05, 0) is 42.5 Å². The van der Waals surface area contributed by atoms with Crippen molar-refractivity contribution in [3.63, 3.8) is 0 Å². The second-order valence-corrected chi connectivity index (χ2v) is 8.66. The number of hydrogen-bond acceptors (Lipinski definition) is 4. The highest BCUT2D eigenvalue weighted by molar-refractivity contribution is 6.43. The molecule has 3 N–H and O–H groups in total. The number of nitrogens with one attached hydrogen (secondary N) is 1. The Morgan fingerprint density at radius 1 is 1.07 bits per heavy atom. The van der Waals surface area contributed by atoms with Gasteiger partial charge in [-0.2, -0.15) is 0 Å². The molecule has 2 aromatic carbocycles. The molecule has 2 rings (SSSR count). The van der Waals surface area contributed by atoms with Crippen molar-refractivity contribution in [1.29, 1.82) is 0 Å². The molecule has 8 heteroatoms. The fourth-order valence-electron chi connectivity index (χ4n) is 3.32. The van der Waals surface area contributed by atoms with E-state index in [2.05, 4.69) is 5.32 Å². The van der Waals surface area contributed by atoms with Gasteiger partial charge in [0.05, 0.1) is 16.6 Å². The lowest BCUT2D eigenvalue weighted by atomic mass is 9.66. The minimum atomic E-state index is -1.60. The Kier molecular flexibility index (Phi) is 9.37. The van der Waals surface area contributed by atoms with E-state index in [0.717, 1.165) is 5.56 Å². The van der Waals surface area contributed by atoms with Crippen LogP contribution in [0.2, 0.25) is 15.9 Å². The number of amides is 1. The molecule has 0 aliphatic rings. The second kappa shape index (κ2) is 11.5. The first-order valence-electron chi connectivity index (χ1n) is 9.86. The van der Waals surface area contributed by atoms with E-state index in [1.807, 2.05) is 44.2 Å². The molecule has 1 amide bonds. The number of benzene rings is 2. The first-order chi connectivity index (χ1) is 14.2. The molecule has 0 radical (unpaired) electrons. The lowest BCUT2D eigenvalue weighted by Gasteiger charge is -2.22. The van der Waals surface area contributed by atoms with Crippen LogP contribution in [-0.2, 0) is 11.2 Å². The van der Waals surface area contributed by atoms with Gasteiger partial charge >= 0.3 is 7.12 Å². The van der Waals surface area contributed by atoms with E-state index in [4.69, 9.17) is 23.2 Å². The summed E-state index contributed by atoms with van der Waals surface area (Å²) >= 11 is 12.1. The monoisotopic (exact) mass is 449 g/mol. The molecule has 2 atom stereocenters. The van der Waals surface area contributed by atoms with E-state index in [9.17, 15) is 19.6 Å². The molecule has 0 aliphatic heterocycles. The summed E-state index contributed by atoms with van der Waals surface area (Å²) in [6, 6.07) is 13.0. The maximum Gasteiger partial charge on any atom is 0.455 e. The van der Waals surface area contributed by atoms with Crippen LogP contribution in [0.5, 0.6) is 0 Å². The van der Waals surface area contributed by atoms with Crippen molar-refractivity contribution < 1.29 is 19.6 Å². The maximum atomic E-state index is 13.1. The summed E-state index contributed by atoms with van der Waals surface area (Å²) in [5.74, 6) is -1.20. The van der Waals surface area contributed by atoms with Crippen LogP contribution in [0.3, 0.4) is 0 Å². The minimum Gasteiger partial charge on any atom is -0.427 e. The average Bonchev–Trinajstić information content (AvgIpc) is 2.69. The van der Waals surface area contributed by atoms with Gasteiger partial charge in [0.1, 0.15) is 0 Å². The number of carbonyl (C=O) groups is 2. The standard InChI is InChI=1S/C22H26BCl2NO4/c1-14(2)10-16(23(29)30)12-21(27)20(11-15-6-4-3-5-7-15)26-22(28)18-13-17(24)8-9-19(18)25/h3-9,13-14,16,20,29-30H,10-12H2,1-2H3,(H,26,28)/t16-,20+/m1/s1. The molecule has 2 aromatic rings. The van der Waals surface area contributed by atoms with Gasteiger partial charge in [-0.25, -0.2) is 0 Å². The van der Waals surface area contributed by atoms with Crippen LogP contribution in [0, 0.1) is 5.92 Å². The van der Waals surface area contributed by atoms with Gasteiger partial charge in [0.15, 0.2) is 5.78 Å². The molecule has 0 fully saturated rings. The van der Waals surface area contributed by atoms with Gasteiger partial charge in [0, 0.05) is 17.3 Å². The molecule has 0 bridgehead atoms. The molecular formula is C22H26BCl2NO4. The zero-order chi connectivity index (χ0) is 22.3. The molecule has 0 aliphatic carbocycles. The van der Waals surface area contributed by atoms with E-state index in [0.29, 0.717) is 11.4 Å². The number of ketones is 1. The summed E-state index contributed by atoms with van der Waals surface area (Å²) in [4.78, 5) is 25.9. The highest BCUT2D eigenvalue weighted by Gasteiger charge is 2.31. The van der Waals surface area contributed by atoms with Crippen molar-refractivity contribution >= 4 is 42.0 Å². The van der Waals surface area contributed by atoms with Crippen LogP contribution >= 0.6 is 23.2 Å². The summed E-state index contributed by atoms with van der Waals surface area (Å²) < 4.78 is 0. The second-order valence-electron chi connectivity index (χ2n) is 7.81. The first-order valence-corrected chi connectivity index (χ1v) is 10.6. The molecule has 0 saturated carbocycles. The summed E-state index contributed by atoms with van der Waals surface area (Å²) in [5, 5.41) is 22.7. The van der Waals surface area contributed by atoms with Crippen LogP contribution in [0.15, 0.2) is 48.5 Å². The highest BCUT2D eigenvalue weighted by Crippen LogP contribution is 2.25. The van der Waals surface area contributed by atoms with Gasteiger partial charge in [0.2, 0.25) is 0 Å². The van der Waals surface area contributed by atoms with Crippen LogP contribution in [-0.4, -0.2) is 34.9 Å². The van der Waals surface area contributed by atoms with Gasteiger partial charge in [-0.3, -0.25) is 9.59 Å². The van der Waals surface area contributed by atoms with Gasteiger partial charge < -0.3 is 15.4 Å². The van der Waals surface area contributed by atoms with E-state index < -0.39 is 24.9 Å². The first kappa shape index (κ1) is 24.4. The fraction of sp³-hybridized carbons (Fsp3) is 0.364. The lowest BCUT2D eigenvalue weighted by Crippen LogP contribution is -2.43. The third kappa shape index (κ3) is 7.44. The van der Waals surface area contributed by atoms with Crippen molar-refractivity contribution in [1.82, 2.24) is 5.32 Å². The van der Waals surface area contributed by atoms with E-state index in [1.54, 1.807) is 6.07 Å². The Labute approximate surface area is 187 Å². The molecular weight excluding hydrogens is 424 g/mol. The molecule has 0 heterocycles. The third-order valence-corrected chi connectivity index (χ3v) is 5.37. The van der Waals surface area contributed by atoms with Gasteiger partial charge in [-0.15, -0.1) is 0 Å². The number of hydrogen-bond donors (Lipinski definition) is 3. The molecule has 0 aromatic heterocycles. The smallest absolute Gasteiger partial charge is 0.427 e. The maximum absolute atomic E-state index is 13.1. The van der Waals surface area contributed by atoms with Gasteiger partial charge in [-0.1, -0.05) is 67.4 Å². The topological polar surface area (TPSA) is 86.6 Å². The van der Waals surface area contributed by atoms with Crippen molar-refractivity contribution in [3.05, 3.63) is 69.7 Å². The SMILES string of the molecule is CC(C)C[C@H](CC(=O)[C@H](Cc1ccccc1)NC(=O)c1cc(Cl)ccc1Cl)B(O)O. The number of rotatable bonds is 10. The Morgan fingerprint density at radius 2 is 1.73 bits per heavy atom. The van der Waals surface area contributed by atoms with Crippen molar-refractivity contribution in [2.45, 2.75) is 45.0 Å². The molecule has 0 saturated heterocycles. The zero-order valence-electron chi connectivity index (χ0n) is 17.0. The zero-order valence-corrected chi connectivity index (χ0v) is 18.5. The summed E-state index contributed by atoms with van der Waals surface area (Å²) in [5.41, 5.74) is 1.05. The molecule has 30 heavy (non-hydrogen) atoms. The number of halogens is 2. The third-order valence-electron chi connectivity index (χ3n) is 4.81. The normalized spacial score (nSPS) is 13.0. The molecule has 5 nitrogen and oxygen atoms in total. The predicted octanol–water partition coefficient (Wildman–Crippen LogP) is 4.18. The predicted molar refractivity (Wildman–Crippen MR) is 121 cm³/mol. The molecule has 160 valence electrons. The lowest BCUT2D eigenvalue weighted by molar-refractivity contribution is -0.121. The van der Waals surface area contributed by atoms with Crippen LogP contribution in [0.25, 0.3) is 0 Å². The summed E-state index contributed by atoms with van der Waals surface area (Å²) in [7, 11) is -1.60. The van der Waals surface area contributed by atoms with E-state index in [1.165, 1.54) is 12.1 Å². The molecule has 0 unspecified atom stereocenters.